The van der Waals surface area contributed by atoms with Gasteiger partial charge in [-0.2, -0.15) is 0 Å². The number of nitro groups is 1. The van der Waals surface area contributed by atoms with Gasteiger partial charge in [0.15, 0.2) is 5.82 Å². The van der Waals surface area contributed by atoms with Crippen molar-refractivity contribution in [2.24, 2.45) is 0 Å². The maximum absolute atomic E-state index is 12.0. The summed E-state index contributed by atoms with van der Waals surface area (Å²) in [5.74, 6) is 0.138. The lowest BCUT2D eigenvalue weighted by Gasteiger charge is -2.05. The number of halogens is 1. The van der Waals surface area contributed by atoms with E-state index < -0.39 is 17.7 Å². The van der Waals surface area contributed by atoms with Gasteiger partial charge in [0.2, 0.25) is 0 Å². The molecule has 1 aromatic heterocycles. The zero-order chi connectivity index (χ0) is 10.7. The first-order chi connectivity index (χ1) is 6.56. The molecule has 14 heavy (non-hydrogen) atoms. The highest BCUT2D eigenvalue weighted by Gasteiger charge is 2.20. The Hall–Kier alpha value is -1.50. The molecule has 0 saturated carbocycles. The third-order valence-electron chi connectivity index (χ3n) is 1.79. The van der Waals surface area contributed by atoms with Gasteiger partial charge in [-0.3, -0.25) is 0 Å². The largest absolute Gasteiger partial charge is 0.386 e. The van der Waals surface area contributed by atoms with Crippen LogP contribution < -0.4 is 0 Å². The number of aliphatic hydroxyl groups is 1. The molecule has 1 unspecified atom stereocenters. The van der Waals surface area contributed by atoms with Gasteiger partial charge in [-0.05, 0) is 4.92 Å². The Morgan fingerprint density at radius 1 is 1.86 bits per heavy atom. The van der Waals surface area contributed by atoms with Crippen molar-refractivity contribution in [2.45, 2.75) is 19.6 Å². The number of aryl methyl sites for hydroxylation is 1. The Morgan fingerprint density at radius 2 is 2.50 bits per heavy atom. The van der Waals surface area contributed by atoms with Gasteiger partial charge in [0.1, 0.15) is 25.5 Å². The molecule has 1 heterocycles. The van der Waals surface area contributed by atoms with Crippen LogP contribution in [0.5, 0.6) is 0 Å². The smallest absolute Gasteiger partial charge is 0.342 e. The third-order valence-corrected chi connectivity index (χ3v) is 1.79. The fourth-order valence-electron chi connectivity index (χ4n) is 1.09. The lowest BCUT2D eigenvalue weighted by atomic mass is 10.4. The summed E-state index contributed by atoms with van der Waals surface area (Å²) in [5.41, 5.74) is 0. The standard InChI is InChI=1S/C7H10FN3O3/c1-5-9-3-7(11(13)14)10(5)4-6(12)2-8/h3,6,12H,2,4H2,1H3. The molecule has 6 nitrogen and oxygen atoms in total. The minimum absolute atomic E-state index is 0.154. The number of hydrogen-bond donors (Lipinski definition) is 1. The molecular weight excluding hydrogens is 193 g/mol. The zero-order valence-electron chi connectivity index (χ0n) is 7.55. The van der Waals surface area contributed by atoms with E-state index in [0.717, 1.165) is 6.20 Å². The monoisotopic (exact) mass is 203 g/mol. The van der Waals surface area contributed by atoms with Gasteiger partial charge in [0.25, 0.3) is 0 Å². The quantitative estimate of drug-likeness (QED) is 0.568. The maximum Gasteiger partial charge on any atom is 0.342 e. The van der Waals surface area contributed by atoms with E-state index in [1.165, 1.54) is 4.57 Å². The Bertz CT molecular complexity index is 339. The van der Waals surface area contributed by atoms with Crippen LogP contribution >= 0.6 is 0 Å². The molecule has 0 aliphatic rings. The molecule has 0 radical (unpaired) electrons. The van der Waals surface area contributed by atoms with E-state index in [1.54, 1.807) is 6.92 Å². The SMILES string of the molecule is Cc1ncc([N+](=O)[O-])n1CC(O)CF. The van der Waals surface area contributed by atoms with Crippen molar-refractivity contribution >= 4 is 5.82 Å². The minimum atomic E-state index is -1.23. The van der Waals surface area contributed by atoms with Crippen molar-refractivity contribution in [3.05, 3.63) is 22.1 Å². The summed E-state index contributed by atoms with van der Waals surface area (Å²) < 4.78 is 13.2. The average molecular weight is 203 g/mol. The highest BCUT2D eigenvalue weighted by Crippen LogP contribution is 2.14. The molecule has 0 spiro atoms. The average Bonchev–Trinajstić information content (AvgIpc) is 2.48. The predicted octanol–water partition coefficient (Wildman–Crippen LogP) is 0.430. The van der Waals surface area contributed by atoms with E-state index in [1.807, 2.05) is 0 Å². The molecule has 0 amide bonds. The molecule has 1 aromatic rings. The van der Waals surface area contributed by atoms with Gasteiger partial charge in [-0.1, -0.05) is 0 Å². The van der Waals surface area contributed by atoms with Crippen LogP contribution in [0, 0.1) is 17.0 Å². The van der Waals surface area contributed by atoms with Crippen LogP contribution in [0.15, 0.2) is 6.20 Å². The second kappa shape index (κ2) is 4.14. The molecule has 0 bridgehead atoms. The lowest BCUT2D eigenvalue weighted by Crippen LogP contribution is -2.19. The molecule has 1 atom stereocenters. The van der Waals surface area contributed by atoms with Crippen molar-refractivity contribution < 1.29 is 14.4 Å². The number of aliphatic hydroxyl groups excluding tert-OH is 1. The van der Waals surface area contributed by atoms with Crippen molar-refractivity contribution in [3.63, 3.8) is 0 Å². The number of rotatable bonds is 4. The van der Waals surface area contributed by atoms with Crippen LogP contribution in [-0.2, 0) is 6.54 Å². The first kappa shape index (κ1) is 10.6. The van der Waals surface area contributed by atoms with Crippen molar-refractivity contribution in [1.29, 1.82) is 0 Å². The molecular formula is C7H10FN3O3. The molecule has 0 aromatic carbocycles. The number of aromatic nitrogens is 2. The van der Waals surface area contributed by atoms with Gasteiger partial charge < -0.3 is 15.2 Å². The summed E-state index contributed by atoms with van der Waals surface area (Å²) >= 11 is 0. The minimum Gasteiger partial charge on any atom is -0.386 e. The number of imidazole rings is 1. The van der Waals surface area contributed by atoms with Gasteiger partial charge in [0, 0.05) is 6.92 Å². The maximum atomic E-state index is 12.0. The van der Waals surface area contributed by atoms with Gasteiger partial charge >= 0.3 is 5.82 Å². The fourth-order valence-corrected chi connectivity index (χ4v) is 1.09. The van der Waals surface area contributed by atoms with Crippen LogP contribution in [0.25, 0.3) is 0 Å². The molecule has 1 N–H and O–H groups in total. The van der Waals surface area contributed by atoms with E-state index in [4.69, 9.17) is 5.11 Å². The first-order valence-electron chi connectivity index (χ1n) is 3.96. The van der Waals surface area contributed by atoms with Crippen LogP contribution in [0.2, 0.25) is 0 Å². The molecule has 1 rings (SSSR count). The second-order valence-electron chi connectivity index (χ2n) is 2.84. The van der Waals surface area contributed by atoms with Crippen LogP contribution in [0.4, 0.5) is 10.2 Å². The van der Waals surface area contributed by atoms with E-state index in [2.05, 4.69) is 4.98 Å². The van der Waals surface area contributed by atoms with E-state index >= 15 is 0 Å². The van der Waals surface area contributed by atoms with Crippen molar-refractivity contribution in [3.8, 4) is 0 Å². The summed E-state index contributed by atoms with van der Waals surface area (Å²) in [4.78, 5) is 13.6. The fraction of sp³-hybridized carbons (Fsp3) is 0.571. The zero-order valence-corrected chi connectivity index (χ0v) is 7.55. The molecule has 0 saturated heterocycles. The molecule has 0 fully saturated rings. The normalized spacial score (nSPS) is 12.8. The van der Waals surface area contributed by atoms with Crippen molar-refractivity contribution in [2.75, 3.05) is 6.67 Å². The lowest BCUT2D eigenvalue weighted by molar-refractivity contribution is -0.392. The van der Waals surface area contributed by atoms with Crippen molar-refractivity contribution in [1.82, 2.24) is 9.55 Å². The van der Waals surface area contributed by atoms with E-state index in [-0.39, 0.29) is 12.4 Å². The predicted molar refractivity (Wildman–Crippen MR) is 45.6 cm³/mol. The third kappa shape index (κ3) is 2.05. The van der Waals surface area contributed by atoms with Gasteiger partial charge in [0.05, 0.1) is 0 Å². The topological polar surface area (TPSA) is 81.2 Å². The summed E-state index contributed by atoms with van der Waals surface area (Å²) in [6.45, 7) is 0.464. The summed E-state index contributed by atoms with van der Waals surface area (Å²) in [6, 6.07) is 0. The highest BCUT2D eigenvalue weighted by atomic mass is 19.1. The first-order valence-corrected chi connectivity index (χ1v) is 3.96. The number of hydrogen-bond acceptors (Lipinski definition) is 4. The Balaban J connectivity index is 2.93. The van der Waals surface area contributed by atoms with E-state index in [9.17, 15) is 14.5 Å². The van der Waals surface area contributed by atoms with Crippen LogP contribution in [0.1, 0.15) is 5.82 Å². The van der Waals surface area contributed by atoms with Gasteiger partial charge in [-0.25, -0.2) is 13.9 Å². The summed E-state index contributed by atoms with van der Waals surface area (Å²) in [6.07, 6.45) is -0.151. The molecule has 78 valence electrons. The number of nitrogens with zero attached hydrogens (tertiary/aromatic N) is 3. The van der Waals surface area contributed by atoms with E-state index in [0.29, 0.717) is 5.82 Å². The Morgan fingerprint density at radius 3 is 3.00 bits per heavy atom. The summed E-state index contributed by atoms with van der Waals surface area (Å²) in [7, 11) is 0. The molecule has 7 heteroatoms. The second-order valence-corrected chi connectivity index (χ2v) is 2.84. The van der Waals surface area contributed by atoms with Crippen LogP contribution in [-0.4, -0.2) is 32.4 Å². The number of alkyl halides is 1. The molecule has 0 aliphatic heterocycles. The Labute approximate surface area is 79.1 Å². The Kier molecular flexibility index (Phi) is 3.13. The summed E-state index contributed by atoms with van der Waals surface area (Å²) in [5, 5.41) is 19.5. The van der Waals surface area contributed by atoms with Gasteiger partial charge in [-0.15, -0.1) is 0 Å². The highest BCUT2D eigenvalue weighted by molar-refractivity contribution is 5.18. The van der Waals surface area contributed by atoms with Crippen LogP contribution in [0.3, 0.4) is 0 Å². The molecule has 0 aliphatic carbocycles.